The van der Waals surface area contributed by atoms with Gasteiger partial charge in [0.05, 0.1) is 17.2 Å². The number of aliphatic hydroxyl groups excluding tert-OH is 2. The number of aromatic hydroxyl groups is 1. The van der Waals surface area contributed by atoms with E-state index in [4.69, 9.17) is 5.73 Å². The van der Waals surface area contributed by atoms with Crippen LogP contribution in [0.3, 0.4) is 0 Å². The summed E-state index contributed by atoms with van der Waals surface area (Å²) in [5, 5.41) is 44.3. The Labute approximate surface area is 239 Å². The number of phenols is 1. The molecule has 1 amide bonds. The second kappa shape index (κ2) is 10.0. The quantitative estimate of drug-likeness (QED) is 0.117. The highest BCUT2D eigenvalue weighted by Crippen LogP contribution is 2.52. The molecule has 14 heteroatoms. The highest BCUT2D eigenvalue weighted by atomic mass is 19.2. The normalized spacial score (nSPS) is 25.4. The van der Waals surface area contributed by atoms with Crippen LogP contribution >= 0.6 is 0 Å². The number of benzene rings is 2. The number of ketones is 2. The van der Waals surface area contributed by atoms with E-state index in [0.717, 1.165) is 12.1 Å². The minimum atomic E-state index is -2.84. The van der Waals surface area contributed by atoms with E-state index in [9.17, 15) is 56.8 Å². The van der Waals surface area contributed by atoms with Crippen LogP contribution in [-0.4, -0.2) is 68.5 Å². The number of hydrogen-bond donors (Lipinski definition) is 5. The molecule has 0 aliphatic heterocycles. The summed E-state index contributed by atoms with van der Waals surface area (Å²) in [5.74, 6) is -19.3. The number of likely N-dealkylation sites (N-methyl/N-ethyl adjacent to an activating group) is 1. The molecule has 3 aliphatic carbocycles. The van der Waals surface area contributed by atoms with Gasteiger partial charge in [-0.3, -0.25) is 19.3 Å². The van der Waals surface area contributed by atoms with Crippen LogP contribution in [0, 0.1) is 40.9 Å². The Hall–Kier alpha value is -4.56. The van der Waals surface area contributed by atoms with E-state index in [0.29, 0.717) is 6.08 Å². The first-order valence-corrected chi connectivity index (χ1v) is 12.7. The largest absolute Gasteiger partial charge is 0.510 e. The van der Waals surface area contributed by atoms with Gasteiger partial charge in [-0.2, -0.15) is 0 Å². The fourth-order valence-corrected chi connectivity index (χ4v) is 6.37. The number of primary amides is 1. The molecule has 3 aliphatic rings. The lowest BCUT2D eigenvalue weighted by Crippen LogP contribution is -2.63. The fourth-order valence-electron chi connectivity index (χ4n) is 6.37. The Kier molecular flexibility index (Phi) is 6.97. The van der Waals surface area contributed by atoms with E-state index >= 15 is 0 Å². The van der Waals surface area contributed by atoms with Crippen LogP contribution in [0.2, 0.25) is 0 Å². The zero-order valence-corrected chi connectivity index (χ0v) is 22.4. The summed E-state index contributed by atoms with van der Waals surface area (Å²) < 4.78 is 69.4. The summed E-state index contributed by atoms with van der Waals surface area (Å²) in [6.07, 6.45) is 1.21. The maximum atomic E-state index is 14.3. The number of nitrogens with two attached hydrogens (primary N) is 1. The molecule has 2 aromatic carbocycles. The molecular formula is C29H23F5N2O7. The van der Waals surface area contributed by atoms with Crippen molar-refractivity contribution in [3.8, 4) is 5.75 Å². The van der Waals surface area contributed by atoms with Crippen molar-refractivity contribution in [3.05, 3.63) is 86.1 Å². The lowest BCUT2D eigenvalue weighted by Gasteiger charge is -2.50. The van der Waals surface area contributed by atoms with Crippen LogP contribution in [0.4, 0.5) is 22.0 Å². The summed E-state index contributed by atoms with van der Waals surface area (Å²) in [6, 6.07) is 1.04. The van der Waals surface area contributed by atoms with Gasteiger partial charge < -0.3 is 26.2 Å². The molecule has 2 aromatic rings. The van der Waals surface area contributed by atoms with Crippen molar-refractivity contribution in [3.63, 3.8) is 0 Å². The van der Waals surface area contributed by atoms with Gasteiger partial charge in [-0.15, -0.1) is 0 Å². The van der Waals surface area contributed by atoms with Crippen molar-refractivity contribution in [1.29, 1.82) is 0 Å². The molecule has 0 unspecified atom stereocenters. The molecule has 226 valence electrons. The summed E-state index contributed by atoms with van der Waals surface area (Å²) in [7, 11) is 2.93. The first-order chi connectivity index (χ1) is 20.0. The molecule has 0 heterocycles. The molecule has 43 heavy (non-hydrogen) atoms. The Morgan fingerprint density at radius 2 is 1.56 bits per heavy atom. The molecule has 0 spiro atoms. The number of nitrogens with zero attached hydrogens (tertiary/aromatic N) is 1. The van der Waals surface area contributed by atoms with E-state index in [-0.39, 0.29) is 24.0 Å². The number of halogens is 5. The zero-order chi connectivity index (χ0) is 31.9. The van der Waals surface area contributed by atoms with Crippen LogP contribution in [0.5, 0.6) is 5.75 Å². The second-order valence-electron chi connectivity index (χ2n) is 10.8. The van der Waals surface area contributed by atoms with Crippen molar-refractivity contribution >= 4 is 29.6 Å². The monoisotopic (exact) mass is 606 g/mol. The highest BCUT2D eigenvalue weighted by Gasteiger charge is 2.63. The van der Waals surface area contributed by atoms with Gasteiger partial charge in [0.15, 0.2) is 34.7 Å². The number of Topliss-reactive ketones (excluding diaryl/α,β-unsaturated/α-hetero) is 2. The lowest BCUT2D eigenvalue weighted by molar-refractivity contribution is -0.148. The maximum Gasteiger partial charge on any atom is 0.255 e. The third-order valence-electron chi connectivity index (χ3n) is 8.32. The minimum absolute atomic E-state index is 0.0482. The van der Waals surface area contributed by atoms with Crippen LogP contribution in [0.1, 0.15) is 33.5 Å². The first-order valence-electron chi connectivity index (χ1n) is 12.7. The number of allylic oxidation sites excluding steroid dienone is 1. The molecule has 0 radical (unpaired) electrons. The molecule has 0 fully saturated rings. The van der Waals surface area contributed by atoms with Crippen LogP contribution in [0.25, 0.3) is 12.2 Å². The number of fused-ring (bicyclic) bond motifs is 3. The van der Waals surface area contributed by atoms with Gasteiger partial charge in [-0.25, -0.2) is 22.0 Å². The summed E-state index contributed by atoms with van der Waals surface area (Å²) in [4.78, 5) is 40.5. The first kappa shape index (κ1) is 29.9. The van der Waals surface area contributed by atoms with Gasteiger partial charge in [0.25, 0.3) is 5.91 Å². The van der Waals surface area contributed by atoms with Crippen molar-refractivity contribution in [2.45, 2.75) is 24.5 Å². The average Bonchev–Trinajstić information content (AvgIpc) is 2.93. The smallest absolute Gasteiger partial charge is 0.255 e. The predicted molar refractivity (Wildman–Crippen MR) is 139 cm³/mol. The Morgan fingerprint density at radius 3 is 2.12 bits per heavy atom. The number of hydrogen-bond acceptors (Lipinski definition) is 8. The molecule has 9 nitrogen and oxygen atoms in total. The molecule has 5 rings (SSSR count). The number of amides is 1. The molecule has 6 N–H and O–H groups in total. The summed E-state index contributed by atoms with van der Waals surface area (Å²) in [6.45, 7) is 0. The molecule has 0 saturated heterocycles. The highest BCUT2D eigenvalue weighted by molar-refractivity contribution is 6.24. The van der Waals surface area contributed by atoms with Gasteiger partial charge in [-0.1, -0.05) is 12.1 Å². The third kappa shape index (κ3) is 4.07. The minimum Gasteiger partial charge on any atom is -0.510 e. The molecule has 0 aromatic heterocycles. The van der Waals surface area contributed by atoms with Crippen molar-refractivity contribution in [2.24, 2.45) is 17.6 Å². The molecule has 0 bridgehead atoms. The van der Waals surface area contributed by atoms with Gasteiger partial charge in [-0.05, 0) is 56.1 Å². The maximum absolute atomic E-state index is 14.3. The fraction of sp³-hybridized carbons (Fsp3) is 0.276. The molecule has 4 atom stereocenters. The third-order valence-corrected chi connectivity index (χ3v) is 8.32. The van der Waals surface area contributed by atoms with E-state index in [1.54, 1.807) is 0 Å². The van der Waals surface area contributed by atoms with E-state index in [1.807, 2.05) is 0 Å². The van der Waals surface area contributed by atoms with E-state index < -0.39 is 110 Å². The number of rotatable bonds is 4. The van der Waals surface area contributed by atoms with Crippen LogP contribution in [-0.2, 0) is 16.0 Å². The molecular weight excluding hydrogens is 583 g/mol. The Bertz CT molecular complexity index is 1720. The Balaban J connectivity index is 1.66. The predicted octanol–water partition coefficient (Wildman–Crippen LogP) is 2.99. The van der Waals surface area contributed by atoms with Crippen LogP contribution in [0.15, 0.2) is 34.8 Å². The average molecular weight is 606 g/mol. The van der Waals surface area contributed by atoms with Crippen molar-refractivity contribution in [2.75, 3.05) is 14.1 Å². The van der Waals surface area contributed by atoms with Gasteiger partial charge in [0, 0.05) is 11.5 Å². The number of carbonyl (C=O) groups is 3. The Morgan fingerprint density at radius 1 is 0.977 bits per heavy atom. The summed E-state index contributed by atoms with van der Waals surface area (Å²) in [5.41, 5.74) is -0.468. The lowest BCUT2D eigenvalue weighted by atomic mass is 9.58. The summed E-state index contributed by atoms with van der Waals surface area (Å²) >= 11 is 0. The SMILES string of the molecule is CN(C)[C@H]1C(O)=C(C(N)=O)C(=O)[C@]2(O)C(O)=C3C(=O)c4c(O)ccc(/C=C/c5c(F)c(F)c(F)c(F)c5F)c4C[C@@H]3C[C@H]12. The van der Waals surface area contributed by atoms with Gasteiger partial charge in [0.1, 0.15) is 22.8 Å². The van der Waals surface area contributed by atoms with Crippen molar-refractivity contribution in [1.82, 2.24) is 4.90 Å². The van der Waals surface area contributed by atoms with Crippen LogP contribution < -0.4 is 5.73 Å². The van der Waals surface area contributed by atoms with Gasteiger partial charge >= 0.3 is 0 Å². The molecule has 0 saturated carbocycles. The van der Waals surface area contributed by atoms with Gasteiger partial charge in [0.2, 0.25) is 11.6 Å². The zero-order valence-electron chi connectivity index (χ0n) is 22.4. The van der Waals surface area contributed by atoms with E-state index in [1.165, 1.54) is 25.1 Å². The standard InChI is InChI=1S/C29H23F5N2O7/c1-36(2)23-13-8-10-7-12-9(3-5-11-18(30)20(32)22(34)21(33)19(11)31)4-6-14(37)16(12)24(38)15(10)26(40)29(13,43)27(41)17(25(23)39)28(35)42/h3-6,10,13,23,37,39-40,43H,7-8H2,1-2H3,(H2,35,42)/b5-3+/t10-,13-,23-,29-/m1/s1. The van der Waals surface area contributed by atoms with Crippen molar-refractivity contribution < 1.29 is 56.8 Å². The number of carbonyl (C=O) groups excluding carboxylic acids is 3. The van der Waals surface area contributed by atoms with E-state index in [2.05, 4.69) is 0 Å². The topological polar surface area (TPSA) is 161 Å². The second-order valence-corrected chi connectivity index (χ2v) is 10.8. The number of phenolic OH excluding ortho intramolecular Hbond substituents is 1. The number of aliphatic hydroxyl groups is 3.